The van der Waals surface area contributed by atoms with Crippen molar-refractivity contribution in [1.82, 2.24) is 0 Å². The summed E-state index contributed by atoms with van der Waals surface area (Å²) < 4.78 is 25.0. The molecule has 1 aromatic rings. The molecule has 0 aromatic heterocycles. The first-order valence-corrected chi connectivity index (χ1v) is 10.7. The second kappa shape index (κ2) is 9.57. The highest BCUT2D eigenvalue weighted by Crippen LogP contribution is 2.39. The molecule has 1 aliphatic heterocycles. The first-order valence-electron chi connectivity index (χ1n) is 10.7. The van der Waals surface area contributed by atoms with E-state index in [2.05, 4.69) is 6.92 Å². The molecule has 1 saturated heterocycles. The van der Waals surface area contributed by atoms with Gasteiger partial charge in [-0.1, -0.05) is 13.0 Å². The minimum atomic E-state index is -0.249. The third-order valence-corrected chi connectivity index (χ3v) is 6.42. The highest BCUT2D eigenvalue weighted by molar-refractivity contribution is 5.73. The van der Waals surface area contributed by atoms with Crippen molar-refractivity contribution in [1.29, 1.82) is 0 Å². The van der Waals surface area contributed by atoms with E-state index in [4.69, 9.17) is 9.47 Å². The molecule has 2 aliphatic rings. The maximum atomic E-state index is 14.1. The smallest absolute Gasteiger partial charge is 0.309 e. The molecule has 0 radical (unpaired) electrons. The lowest BCUT2D eigenvalue weighted by Gasteiger charge is -2.31. The summed E-state index contributed by atoms with van der Waals surface area (Å²) in [4.78, 5) is 11.9. The number of esters is 1. The van der Waals surface area contributed by atoms with Gasteiger partial charge in [0.15, 0.2) is 11.6 Å². The third kappa shape index (κ3) is 5.24. The van der Waals surface area contributed by atoms with Crippen molar-refractivity contribution in [2.45, 2.75) is 83.7 Å². The number of hydrogen-bond donors (Lipinski definition) is 0. The van der Waals surface area contributed by atoms with Gasteiger partial charge in [-0.3, -0.25) is 4.79 Å². The Kier molecular flexibility index (Phi) is 7.14. The lowest BCUT2D eigenvalue weighted by Crippen LogP contribution is -2.31. The maximum Gasteiger partial charge on any atom is 0.309 e. The van der Waals surface area contributed by atoms with E-state index in [0.29, 0.717) is 24.2 Å². The van der Waals surface area contributed by atoms with Gasteiger partial charge >= 0.3 is 5.97 Å². The summed E-state index contributed by atoms with van der Waals surface area (Å²) in [5, 5.41) is 0. The van der Waals surface area contributed by atoms with Crippen molar-refractivity contribution in [2.24, 2.45) is 11.8 Å². The van der Waals surface area contributed by atoms with Crippen LogP contribution >= 0.6 is 0 Å². The summed E-state index contributed by atoms with van der Waals surface area (Å²) in [7, 11) is 0. The van der Waals surface area contributed by atoms with Gasteiger partial charge in [0.2, 0.25) is 0 Å². The van der Waals surface area contributed by atoms with Gasteiger partial charge in [-0.2, -0.15) is 0 Å². The summed E-state index contributed by atoms with van der Waals surface area (Å²) in [6.45, 7) is 4.41. The van der Waals surface area contributed by atoms with E-state index in [-0.39, 0.29) is 23.8 Å². The SMILES string of the molecule is CCOc1ccc(C2CCC(CCC3CCC(CC)C(=O)O3)CC2)cc1F. The van der Waals surface area contributed by atoms with Crippen LogP contribution in [-0.2, 0) is 9.53 Å². The van der Waals surface area contributed by atoms with Gasteiger partial charge in [-0.25, -0.2) is 4.39 Å². The second-order valence-corrected chi connectivity index (χ2v) is 8.16. The van der Waals surface area contributed by atoms with Crippen LogP contribution in [-0.4, -0.2) is 18.7 Å². The van der Waals surface area contributed by atoms with E-state index in [1.807, 2.05) is 13.0 Å². The molecule has 1 aliphatic carbocycles. The quantitative estimate of drug-likeness (QED) is 0.547. The Morgan fingerprint density at radius 3 is 2.48 bits per heavy atom. The Labute approximate surface area is 162 Å². The van der Waals surface area contributed by atoms with Gasteiger partial charge in [0, 0.05) is 0 Å². The molecule has 0 spiro atoms. The van der Waals surface area contributed by atoms with Crippen molar-refractivity contribution < 1.29 is 18.7 Å². The van der Waals surface area contributed by atoms with Crippen molar-refractivity contribution in [2.75, 3.05) is 6.61 Å². The monoisotopic (exact) mass is 376 g/mol. The van der Waals surface area contributed by atoms with Gasteiger partial charge in [-0.15, -0.1) is 0 Å². The summed E-state index contributed by atoms with van der Waals surface area (Å²) in [5.41, 5.74) is 1.10. The zero-order valence-electron chi connectivity index (χ0n) is 16.7. The van der Waals surface area contributed by atoms with Crippen molar-refractivity contribution in [3.8, 4) is 5.75 Å². The molecule has 2 fully saturated rings. The van der Waals surface area contributed by atoms with E-state index >= 15 is 0 Å². The fourth-order valence-electron chi connectivity index (χ4n) is 4.65. The predicted molar refractivity (Wildman–Crippen MR) is 104 cm³/mol. The fourth-order valence-corrected chi connectivity index (χ4v) is 4.65. The normalized spacial score (nSPS) is 28.6. The summed E-state index contributed by atoms with van der Waals surface area (Å²) in [6.07, 6.45) is 9.73. The van der Waals surface area contributed by atoms with E-state index in [1.165, 1.54) is 12.8 Å². The number of cyclic esters (lactones) is 1. The molecule has 1 heterocycles. The van der Waals surface area contributed by atoms with Crippen LogP contribution < -0.4 is 4.74 Å². The van der Waals surface area contributed by atoms with Crippen LogP contribution in [0.15, 0.2) is 18.2 Å². The van der Waals surface area contributed by atoms with Crippen LogP contribution in [0.4, 0.5) is 4.39 Å². The first-order chi connectivity index (χ1) is 13.1. The minimum Gasteiger partial charge on any atom is -0.491 e. The fraction of sp³-hybridized carbons (Fsp3) is 0.696. The van der Waals surface area contributed by atoms with Crippen LogP contribution in [0.1, 0.15) is 83.1 Å². The molecule has 0 amide bonds. The summed E-state index contributed by atoms with van der Waals surface area (Å²) >= 11 is 0. The molecule has 1 saturated carbocycles. The Morgan fingerprint density at radius 1 is 1.07 bits per heavy atom. The van der Waals surface area contributed by atoms with Crippen molar-refractivity contribution >= 4 is 5.97 Å². The molecule has 3 nitrogen and oxygen atoms in total. The number of benzene rings is 1. The summed E-state index contributed by atoms with van der Waals surface area (Å²) in [6, 6.07) is 5.44. The standard InChI is InChI=1S/C23H33FO3/c1-3-17-10-13-20(27-23(17)25)12-7-16-5-8-18(9-6-16)19-11-14-22(26-4-2)21(24)15-19/h11,14-18,20H,3-10,12-13H2,1-2H3. The lowest BCUT2D eigenvalue weighted by atomic mass is 9.76. The van der Waals surface area contributed by atoms with Gasteiger partial charge in [0.05, 0.1) is 12.5 Å². The Bertz CT molecular complexity index is 622. The van der Waals surface area contributed by atoms with Crippen molar-refractivity contribution in [3.63, 3.8) is 0 Å². The van der Waals surface area contributed by atoms with E-state index in [1.54, 1.807) is 12.1 Å². The molecule has 150 valence electrons. The third-order valence-electron chi connectivity index (χ3n) is 6.42. The molecule has 2 atom stereocenters. The minimum absolute atomic E-state index is 0.00924. The Morgan fingerprint density at radius 2 is 1.85 bits per heavy atom. The van der Waals surface area contributed by atoms with Crippen LogP contribution in [0.5, 0.6) is 5.75 Å². The molecule has 1 aromatic carbocycles. The zero-order chi connectivity index (χ0) is 19.2. The Balaban J connectivity index is 1.43. The summed E-state index contributed by atoms with van der Waals surface area (Å²) in [5.74, 6) is 1.38. The van der Waals surface area contributed by atoms with Gasteiger partial charge in [0.25, 0.3) is 0 Å². The molecular formula is C23H33FO3. The number of rotatable bonds is 7. The average Bonchev–Trinajstić information content (AvgIpc) is 2.68. The van der Waals surface area contributed by atoms with E-state index < -0.39 is 0 Å². The first kappa shape index (κ1) is 20.2. The molecule has 4 heteroatoms. The van der Waals surface area contributed by atoms with Crippen LogP contribution in [0.2, 0.25) is 0 Å². The number of hydrogen-bond acceptors (Lipinski definition) is 3. The van der Waals surface area contributed by atoms with E-state index in [9.17, 15) is 9.18 Å². The molecule has 27 heavy (non-hydrogen) atoms. The number of carbonyl (C=O) groups is 1. The Hall–Kier alpha value is -1.58. The molecule has 3 rings (SSSR count). The predicted octanol–water partition coefficient (Wildman–Crippen LogP) is 6.01. The average molecular weight is 377 g/mol. The highest BCUT2D eigenvalue weighted by atomic mass is 19.1. The number of ether oxygens (including phenoxy) is 2. The topological polar surface area (TPSA) is 35.5 Å². The molecule has 0 N–H and O–H groups in total. The molecule has 0 bridgehead atoms. The molecular weight excluding hydrogens is 343 g/mol. The molecule has 2 unspecified atom stereocenters. The van der Waals surface area contributed by atoms with Crippen LogP contribution in [0.25, 0.3) is 0 Å². The maximum absolute atomic E-state index is 14.1. The number of carbonyl (C=O) groups excluding carboxylic acids is 1. The van der Waals surface area contributed by atoms with Gasteiger partial charge in [0.1, 0.15) is 6.10 Å². The van der Waals surface area contributed by atoms with Crippen LogP contribution in [0, 0.1) is 17.7 Å². The second-order valence-electron chi connectivity index (χ2n) is 8.16. The number of halogens is 1. The van der Waals surface area contributed by atoms with Crippen LogP contribution in [0.3, 0.4) is 0 Å². The zero-order valence-corrected chi connectivity index (χ0v) is 16.7. The highest BCUT2D eigenvalue weighted by Gasteiger charge is 2.30. The van der Waals surface area contributed by atoms with Crippen molar-refractivity contribution in [3.05, 3.63) is 29.6 Å². The van der Waals surface area contributed by atoms with Gasteiger partial charge in [-0.05, 0) is 94.2 Å². The largest absolute Gasteiger partial charge is 0.491 e. The lowest BCUT2D eigenvalue weighted by molar-refractivity contribution is -0.161. The van der Waals surface area contributed by atoms with E-state index in [0.717, 1.165) is 50.5 Å². The van der Waals surface area contributed by atoms with Gasteiger partial charge < -0.3 is 9.47 Å².